The summed E-state index contributed by atoms with van der Waals surface area (Å²) >= 11 is 0. The Morgan fingerprint density at radius 3 is 2.25 bits per heavy atom. The predicted octanol–water partition coefficient (Wildman–Crippen LogP) is 3.49. The van der Waals surface area contributed by atoms with Crippen LogP contribution in [0.4, 0.5) is 4.39 Å². The lowest BCUT2D eigenvalue weighted by molar-refractivity contribution is -0.122. The highest BCUT2D eigenvalue weighted by atomic mass is 32.2. The van der Waals surface area contributed by atoms with E-state index in [0.717, 1.165) is 22.5 Å². The highest BCUT2D eigenvalue weighted by Gasteiger charge is 2.24. The van der Waals surface area contributed by atoms with Gasteiger partial charge in [-0.3, -0.25) is 4.79 Å². The van der Waals surface area contributed by atoms with Gasteiger partial charge in [0.25, 0.3) is 0 Å². The maximum atomic E-state index is 13.9. The van der Waals surface area contributed by atoms with Crippen molar-refractivity contribution >= 4 is 15.9 Å². The van der Waals surface area contributed by atoms with Gasteiger partial charge in [-0.2, -0.15) is 4.31 Å². The monoisotopic (exact) mass is 406 g/mol. The Hall–Kier alpha value is -2.25. The fraction of sp³-hybridized carbons (Fsp3) is 0.381. The quantitative estimate of drug-likeness (QED) is 0.693. The average Bonchev–Trinajstić information content (AvgIpc) is 2.62. The number of nitrogens with zero attached hydrogens (tertiary/aromatic N) is 1. The van der Waals surface area contributed by atoms with E-state index in [1.807, 2.05) is 30.3 Å². The van der Waals surface area contributed by atoms with Crippen LogP contribution in [0.1, 0.15) is 37.4 Å². The number of carbonyl (C=O) groups is 1. The summed E-state index contributed by atoms with van der Waals surface area (Å²) in [5.74, 6) is -0.579. The van der Waals surface area contributed by atoms with Gasteiger partial charge in [-0.25, -0.2) is 12.8 Å². The molecule has 1 atom stereocenters. The Bertz CT molecular complexity index is 886. The molecule has 1 amide bonds. The molecule has 1 N–H and O–H groups in total. The number of hydrogen-bond acceptors (Lipinski definition) is 3. The van der Waals surface area contributed by atoms with E-state index in [1.54, 1.807) is 6.07 Å². The number of sulfonamides is 1. The van der Waals surface area contributed by atoms with Gasteiger partial charge in [0.2, 0.25) is 15.9 Å². The van der Waals surface area contributed by atoms with Crippen molar-refractivity contribution in [2.45, 2.75) is 32.9 Å². The molecule has 0 spiro atoms. The van der Waals surface area contributed by atoms with Gasteiger partial charge in [0.05, 0.1) is 18.8 Å². The first-order valence-electron chi connectivity index (χ1n) is 9.19. The van der Waals surface area contributed by atoms with Crippen molar-refractivity contribution in [2.24, 2.45) is 5.92 Å². The SMILES string of the molecule is CC(C)C[C@@H](NC(=O)CN(Cc1ccccc1F)S(C)(=O)=O)c1ccccc1. The molecule has 0 fully saturated rings. The number of benzene rings is 2. The van der Waals surface area contributed by atoms with Crippen molar-refractivity contribution in [1.29, 1.82) is 0 Å². The topological polar surface area (TPSA) is 66.5 Å². The molecule has 2 aromatic rings. The number of amides is 1. The fourth-order valence-electron chi connectivity index (χ4n) is 2.94. The van der Waals surface area contributed by atoms with Crippen LogP contribution in [0.15, 0.2) is 54.6 Å². The van der Waals surface area contributed by atoms with Gasteiger partial charge < -0.3 is 5.32 Å². The minimum atomic E-state index is -3.69. The molecule has 2 rings (SSSR count). The molecule has 0 unspecified atom stereocenters. The number of rotatable bonds is 9. The van der Waals surface area contributed by atoms with Gasteiger partial charge in [0, 0.05) is 12.1 Å². The number of hydrogen-bond donors (Lipinski definition) is 1. The van der Waals surface area contributed by atoms with Gasteiger partial charge >= 0.3 is 0 Å². The van der Waals surface area contributed by atoms with Gasteiger partial charge in [-0.15, -0.1) is 0 Å². The molecule has 0 bridgehead atoms. The number of halogens is 1. The fourth-order valence-corrected chi connectivity index (χ4v) is 3.67. The second-order valence-electron chi connectivity index (χ2n) is 7.28. The molecule has 152 valence electrons. The van der Waals surface area contributed by atoms with Crippen LogP contribution in [0.3, 0.4) is 0 Å². The first-order chi connectivity index (χ1) is 13.2. The van der Waals surface area contributed by atoms with E-state index >= 15 is 0 Å². The summed E-state index contributed by atoms with van der Waals surface area (Å²) in [6.45, 7) is 3.56. The first-order valence-corrected chi connectivity index (χ1v) is 11.0. The van der Waals surface area contributed by atoms with Crippen LogP contribution in [0.5, 0.6) is 0 Å². The van der Waals surface area contributed by atoms with Gasteiger partial charge in [-0.1, -0.05) is 62.4 Å². The summed E-state index contributed by atoms with van der Waals surface area (Å²) in [5, 5.41) is 2.93. The molecule has 0 radical (unpaired) electrons. The Labute approximate surface area is 166 Å². The van der Waals surface area contributed by atoms with Crippen LogP contribution in [0.2, 0.25) is 0 Å². The summed E-state index contributed by atoms with van der Waals surface area (Å²) in [6.07, 6.45) is 1.74. The first kappa shape index (κ1) is 22.0. The van der Waals surface area contributed by atoms with Crippen molar-refractivity contribution in [3.63, 3.8) is 0 Å². The third kappa shape index (κ3) is 6.73. The maximum Gasteiger partial charge on any atom is 0.235 e. The third-order valence-corrected chi connectivity index (χ3v) is 5.53. The molecule has 5 nitrogen and oxygen atoms in total. The van der Waals surface area contributed by atoms with E-state index < -0.39 is 21.7 Å². The Kier molecular flexibility index (Phi) is 7.71. The van der Waals surface area contributed by atoms with Crippen LogP contribution in [-0.2, 0) is 21.4 Å². The molecule has 0 aliphatic rings. The van der Waals surface area contributed by atoms with Gasteiger partial charge in [-0.05, 0) is 24.0 Å². The zero-order valence-electron chi connectivity index (χ0n) is 16.4. The number of nitrogens with one attached hydrogen (secondary N) is 1. The van der Waals surface area contributed by atoms with Crippen LogP contribution < -0.4 is 5.32 Å². The maximum absolute atomic E-state index is 13.9. The van der Waals surface area contributed by atoms with Crippen LogP contribution in [0, 0.1) is 11.7 Å². The Morgan fingerprint density at radius 1 is 1.07 bits per heavy atom. The summed E-state index contributed by atoms with van der Waals surface area (Å²) in [4.78, 5) is 12.6. The van der Waals surface area contributed by atoms with E-state index in [4.69, 9.17) is 0 Å². The molecule has 0 aliphatic heterocycles. The van der Waals surface area contributed by atoms with Crippen LogP contribution >= 0.6 is 0 Å². The molecule has 0 saturated heterocycles. The normalized spacial score (nSPS) is 12.9. The summed E-state index contributed by atoms with van der Waals surface area (Å²) in [7, 11) is -3.69. The van der Waals surface area contributed by atoms with E-state index in [-0.39, 0.29) is 24.7 Å². The molecular formula is C21H27FN2O3S. The number of carbonyl (C=O) groups excluding carboxylic acids is 1. The summed E-state index contributed by atoms with van der Waals surface area (Å²) in [6, 6.07) is 15.3. The highest BCUT2D eigenvalue weighted by Crippen LogP contribution is 2.21. The van der Waals surface area contributed by atoms with Gasteiger partial charge in [0.1, 0.15) is 5.82 Å². The lowest BCUT2D eigenvalue weighted by Crippen LogP contribution is -2.41. The van der Waals surface area contributed by atoms with Crippen LogP contribution in [0.25, 0.3) is 0 Å². The molecule has 0 saturated carbocycles. The molecule has 7 heteroatoms. The van der Waals surface area contributed by atoms with Crippen molar-refractivity contribution in [1.82, 2.24) is 9.62 Å². The van der Waals surface area contributed by atoms with Gasteiger partial charge in [0.15, 0.2) is 0 Å². The molecule has 0 heterocycles. The second kappa shape index (κ2) is 9.80. The molecule has 0 aliphatic carbocycles. The predicted molar refractivity (Wildman–Crippen MR) is 108 cm³/mol. The van der Waals surface area contributed by atoms with Crippen LogP contribution in [-0.4, -0.2) is 31.4 Å². The van der Waals surface area contributed by atoms with Crippen molar-refractivity contribution in [2.75, 3.05) is 12.8 Å². The average molecular weight is 407 g/mol. The second-order valence-corrected chi connectivity index (χ2v) is 9.27. The largest absolute Gasteiger partial charge is 0.348 e. The van der Waals surface area contributed by atoms with E-state index in [9.17, 15) is 17.6 Å². The van der Waals surface area contributed by atoms with Crippen molar-refractivity contribution < 1.29 is 17.6 Å². The summed E-state index contributed by atoms with van der Waals surface area (Å²) < 4.78 is 39.2. The lowest BCUT2D eigenvalue weighted by atomic mass is 9.97. The zero-order valence-corrected chi connectivity index (χ0v) is 17.2. The molecular weight excluding hydrogens is 379 g/mol. The Balaban J connectivity index is 2.14. The zero-order chi connectivity index (χ0) is 20.7. The third-order valence-electron chi connectivity index (χ3n) is 4.34. The molecule has 28 heavy (non-hydrogen) atoms. The standard InChI is InChI=1S/C21H27FN2O3S/c1-16(2)13-20(17-9-5-4-6-10-17)23-21(25)15-24(28(3,26)27)14-18-11-7-8-12-19(18)22/h4-12,16,20H,13-15H2,1-3H3,(H,23,25)/t20-/m1/s1. The molecule has 2 aromatic carbocycles. The Morgan fingerprint density at radius 2 is 1.68 bits per heavy atom. The van der Waals surface area contributed by atoms with E-state index in [1.165, 1.54) is 18.2 Å². The molecule has 0 aromatic heterocycles. The highest BCUT2D eigenvalue weighted by molar-refractivity contribution is 7.88. The van der Waals surface area contributed by atoms with E-state index in [0.29, 0.717) is 5.92 Å². The van der Waals surface area contributed by atoms with E-state index in [2.05, 4.69) is 19.2 Å². The minimum Gasteiger partial charge on any atom is -0.348 e. The minimum absolute atomic E-state index is 0.195. The smallest absolute Gasteiger partial charge is 0.235 e. The lowest BCUT2D eigenvalue weighted by Gasteiger charge is -2.24. The summed E-state index contributed by atoms with van der Waals surface area (Å²) in [5.41, 5.74) is 1.19. The van der Waals surface area contributed by atoms with Crippen molar-refractivity contribution in [3.8, 4) is 0 Å². The van der Waals surface area contributed by atoms with Crippen molar-refractivity contribution in [3.05, 3.63) is 71.5 Å².